The normalized spacial score (nSPS) is 29.2. The van der Waals surface area contributed by atoms with Crippen LogP contribution in [0.25, 0.3) is 0 Å². The molecule has 0 amide bonds. The van der Waals surface area contributed by atoms with Crippen molar-refractivity contribution in [3.8, 4) is 0 Å². The summed E-state index contributed by atoms with van der Waals surface area (Å²) in [6.45, 7) is 1.76. The fourth-order valence-corrected chi connectivity index (χ4v) is 2.81. The lowest BCUT2D eigenvalue weighted by Gasteiger charge is -2.19. The third-order valence-electron chi connectivity index (χ3n) is 3.89. The van der Waals surface area contributed by atoms with Gasteiger partial charge in [-0.15, -0.1) is 0 Å². The first-order valence-corrected chi connectivity index (χ1v) is 7.52. The van der Waals surface area contributed by atoms with E-state index in [1.807, 2.05) is 12.2 Å². The van der Waals surface area contributed by atoms with Gasteiger partial charge in [0.2, 0.25) is 0 Å². The Morgan fingerprint density at radius 2 is 2.05 bits per heavy atom. The lowest BCUT2D eigenvalue weighted by atomic mass is 9.90. The lowest BCUT2D eigenvalue weighted by molar-refractivity contribution is -0.131. The van der Waals surface area contributed by atoms with Crippen molar-refractivity contribution in [1.82, 2.24) is 0 Å². The van der Waals surface area contributed by atoms with Gasteiger partial charge in [-0.25, -0.2) is 4.79 Å². The summed E-state index contributed by atoms with van der Waals surface area (Å²) < 4.78 is 0. The molecular formula is C16H26O5. The van der Waals surface area contributed by atoms with E-state index in [1.54, 1.807) is 6.92 Å². The molecule has 1 rings (SSSR count). The van der Waals surface area contributed by atoms with Crippen LogP contribution in [0.2, 0.25) is 0 Å². The molecule has 1 aliphatic carbocycles. The Morgan fingerprint density at radius 1 is 1.33 bits per heavy atom. The van der Waals surface area contributed by atoms with Crippen molar-refractivity contribution in [1.29, 1.82) is 0 Å². The second-order valence-electron chi connectivity index (χ2n) is 5.85. The highest BCUT2D eigenvalue weighted by molar-refractivity contribution is 5.79. The number of aliphatic hydroxyl groups excluding tert-OH is 3. The molecule has 5 atom stereocenters. The summed E-state index contributed by atoms with van der Waals surface area (Å²) in [5.74, 6) is -1.18. The van der Waals surface area contributed by atoms with E-state index in [1.165, 1.54) is 6.08 Å². The van der Waals surface area contributed by atoms with Gasteiger partial charge in [-0.05, 0) is 56.9 Å². The zero-order valence-electron chi connectivity index (χ0n) is 12.4. The van der Waals surface area contributed by atoms with E-state index in [4.69, 9.17) is 5.11 Å². The maximum absolute atomic E-state index is 10.5. The predicted octanol–water partition coefficient (Wildman–Crippen LogP) is 1.48. The first-order valence-electron chi connectivity index (χ1n) is 7.52. The van der Waals surface area contributed by atoms with Crippen LogP contribution in [-0.2, 0) is 4.79 Å². The predicted molar refractivity (Wildman–Crippen MR) is 79.7 cm³/mol. The fraction of sp³-hybridized carbons (Fsp3) is 0.688. The molecule has 1 aliphatic rings. The Labute approximate surface area is 125 Å². The number of hydrogen-bond donors (Lipinski definition) is 4. The number of carboxylic acids is 1. The molecule has 0 heterocycles. The summed E-state index contributed by atoms with van der Waals surface area (Å²) >= 11 is 0. The van der Waals surface area contributed by atoms with Crippen LogP contribution in [0.15, 0.2) is 24.3 Å². The zero-order valence-corrected chi connectivity index (χ0v) is 12.4. The number of carbonyl (C=O) groups is 1. The van der Waals surface area contributed by atoms with Crippen LogP contribution >= 0.6 is 0 Å². The van der Waals surface area contributed by atoms with Crippen molar-refractivity contribution in [3.63, 3.8) is 0 Å². The van der Waals surface area contributed by atoms with Crippen LogP contribution in [0.4, 0.5) is 0 Å². The smallest absolute Gasteiger partial charge is 0.328 e. The van der Waals surface area contributed by atoms with Crippen LogP contribution in [0.3, 0.4) is 0 Å². The van der Waals surface area contributed by atoms with Gasteiger partial charge < -0.3 is 20.4 Å². The molecule has 120 valence electrons. The first kappa shape index (κ1) is 17.9. The quantitative estimate of drug-likeness (QED) is 0.309. The van der Waals surface area contributed by atoms with Crippen molar-refractivity contribution in [3.05, 3.63) is 24.3 Å². The maximum atomic E-state index is 10.5. The van der Waals surface area contributed by atoms with Gasteiger partial charge in [0.25, 0.3) is 0 Å². The Kier molecular flexibility index (Phi) is 7.64. The molecule has 0 aromatic rings. The van der Waals surface area contributed by atoms with Gasteiger partial charge in [0.1, 0.15) is 0 Å². The van der Waals surface area contributed by atoms with Crippen molar-refractivity contribution >= 4 is 5.97 Å². The Hall–Kier alpha value is -1.17. The van der Waals surface area contributed by atoms with Crippen molar-refractivity contribution in [2.45, 2.75) is 57.3 Å². The largest absolute Gasteiger partial charge is 0.478 e. The average Bonchev–Trinajstić information content (AvgIpc) is 2.76. The molecule has 4 N–H and O–H groups in total. The summed E-state index contributed by atoms with van der Waals surface area (Å²) in [6, 6.07) is 0. The third kappa shape index (κ3) is 6.89. The second-order valence-corrected chi connectivity index (χ2v) is 5.85. The molecule has 0 unspecified atom stereocenters. The molecule has 0 aromatic carbocycles. The SMILES string of the molecule is C[C@H](O)CCC/C=C/[C@@H]1C[C@H](O)C[C@@H]1[C@@H](O)/C=C/C(=O)O. The van der Waals surface area contributed by atoms with Crippen LogP contribution in [0.1, 0.15) is 39.0 Å². The van der Waals surface area contributed by atoms with Crippen molar-refractivity contribution in [2.75, 3.05) is 0 Å². The molecule has 21 heavy (non-hydrogen) atoms. The second kappa shape index (κ2) is 8.97. The Balaban J connectivity index is 2.50. The summed E-state index contributed by atoms with van der Waals surface area (Å²) in [5, 5.41) is 37.5. The average molecular weight is 298 g/mol. The molecule has 0 bridgehead atoms. The highest BCUT2D eigenvalue weighted by atomic mass is 16.4. The monoisotopic (exact) mass is 298 g/mol. The minimum absolute atomic E-state index is 0.0556. The standard InChI is InChI=1S/C16H26O5/c1-11(17)5-3-2-4-6-12-9-13(18)10-14(12)15(19)7-8-16(20)21/h4,6-8,11-15,17-19H,2-3,5,9-10H2,1H3,(H,20,21)/b6-4+,8-7+/t11-,12+,13-,14-,15-/m0/s1. The molecule has 1 fully saturated rings. The minimum Gasteiger partial charge on any atom is -0.478 e. The van der Waals surface area contributed by atoms with E-state index in [-0.39, 0.29) is 17.9 Å². The van der Waals surface area contributed by atoms with Gasteiger partial charge in [0.05, 0.1) is 18.3 Å². The van der Waals surface area contributed by atoms with Gasteiger partial charge in [-0.2, -0.15) is 0 Å². The van der Waals surface area contributed by atoms with E-state index in [2.05, 4.69) is 0 Å². The summed E-state index contributed by atoms with van der Waals surface area (Å²) in [4.78, 5) is 10.5. The number of rotatable bonds is 8. The van der Waals surface area contributed by atoms with E-state index >= 15 is 0 Å². The number of hydrogen-bond acceptors (Lipinski definition) is 4. The zero-order chi connectivity index (χ0) is 15.8. The highest BCUT2D eigenvalue weighted by Gasteiger charge is 2.35. The fourth-order valence-electron chi connectivity index (χ4n) is 2.81. The van der Waals surface area contributed by atoms with Crippen molar-refractivity contribution in [2.24, 2.45) is 11.8 Å². The van der Waals surface area contributed by atoms with Crippen LogP contribution in [0, 0.1) is 11.8 Å². The first-order chi connectivity index (χ1) is 9.90. The number of carboxylic acid groups (broad SMARTS) is 1. The van der Waals surface area contributed by atoms with Gasteiger partial charge in [0, 0.05) is 6.08 Å². The van der Waals surface area contributed by atoms with Crippen LogP contribution in [-0.4, -0.2) is 44.7 Å². The topological polar surface area (TPSA) is 98.0 Å². The number of unbranched alkanes of at least 4 members (excludes halogenated alkanes) is 1. The molecule has 5 heteroatoms. The van der Waals surface area contributed by atoms with E-state index in [9.17, 15) is 20.1 Å². The number of aliphatic hydroxyl groups is 3. The molecule has 0 aromatic heterocycles. The number of aliphatic carboxylic acids is 1. The maximum Gasteiger partial charge on any atom is 0.328 e. The molecule has 0 saturated heterocycles. The molecule has 1 saturated carbocycles. The van der Waals surface area contributed by atoms with E-state index < -0.39 is 18.2 Å². The highest BCUT2D eigenvalue weighted by Crippen LogP contribution is 2.36. The van der Waals surface area contributed by atoms with Gasteiger partial charge >= 0.3 is 5.97 Å². The van der Waals surface area contributed by atoms with E-state index in [0.29, 0.717) is 12.8 Å². The molecule has 5 nitrogen and oxygen atoms in total. The van der Waals surface area contributed by atoms with Gasteiger partial charge in [-0.3, -0.25) is 0 Å². The minimum atomic E-state index is -1.09. The molecule has 0 aliphatic heterocycles. The number of allylic oxidation sites excluding steroid dienone is 2. The Morgan fingerprint density at radius 3 is 2.67 bits per heavy atom. The summed E-state index contributed by atoms with van der Waals surface area (Å²) in [6.07, 6.45) is 8.22. The van der Waals surface area contributed by atoms with Gasteiger partial charge in [0.15, 0.2) is 0 Å². The molecular weight excluding hydrogens is 272 g/mol. The van der Waals surface area contributed by atoms with E-state index in [0.717, 1.165) is 25.3 Å². The van der Waals surface area contributed by atoms with Crippen molar-refractivity contribution < 1.29 is 25.2 Å². The Bertz CT molecular complexity index is 375. The van der Waals surface area contributed by atoms with Crippen LogP contribution in [0.5, 0.6) is 0 Å². The van der Waals surface area contributed by atoms with Crippen LogP contribution < -0.4 is 0 Å². The summed E-state index contributed by atoms with van der Waals surface area (Å²) in [7, 11) is 0. The van der Waals surface area contributed by atoms with Gasteiger partial charge in [-0.1, -0.05) is 12.2 Å². The lowest BCUT2D eigenvalue weighted by Crippen LogP contribution is -2.21. The molecule has 0 spiro atoms. The third-order valence-corrected chi connectivity index (χ3v) is 3.89. The molecule has 0 radical (unpaired) electrons. The summed E-state index contributed by atoms with van der Waals surface area (Å²) in [5.41, 5.74) is 0.